The van der Waals surface area contributed by atoms with Crippen molar-refractivity contribution in [1.29, 1.82) is 0 Å². The van der Waals surface area contributed by atoms with Crippen LogP contribution in [0.5, 0.6) is 0 Å². The molecule has 0 radical (unpaired) electrons. The van der Waals surface area contributed by atoms with Crippen LogP contribution in [0.15, 0.2) is 54.6 Å². The molecule has 0 bridgehead atoms. The Morgan fingerprint density at radius 1 is 1.03 bits per heavy atom. The molecule has 3 rings (SSSR count). The Morgan fingerprint density at radius 2 is 1.77 bits per heavy atom. The Hall–Kier alpha value is -2.74. The lowest BCUT2D eigenvalue weighted by molar-refractivity contribution is -0.125. The summed E-state index contributed by atoms with van der Waals surface area (Å²) in [5.41, 5.74) is 2.81. The highest BCUT2D eigenvalue weighted by molar-refractivity contribution is 5.89. The molecular formula is C24H31N3O4. The van der Waals surface area contributed by atoms with Crippen LogP contribution in [0.1, 0.15) is 27.9 Å². The summed E-state index contributed by atoms with van der Waals surface area (Å²) >= 11 is 0. The Morgan fingerprint density at radius 3 is 2.45 bits per heavy atom. The van der Waals surface area contributed by atoms with Gasteiger partial charge in [0, 0.05) is 39.3 Å². The molecule has 0 saturated carbocycles. The Kier molecular flexibility index (Phi) is 8.58. The van der Waals surface area contributed by atoms with Gasteiger partial charge in [-0.1, -0.05) is 42.5 Å². The van der Waals surface area contributed by atoms with E-state index in [1.165, 1.54) is 12.7 Å². The predicted octanol–water partition coefficient (Wildman–Crippen LogP) is 1.97. The molecule has 2 aromatic rings. The average molecular weight is 426 g/mol. The molecule has 166 valence electrons. The predicted molar refractivity (Wildman–Crippen MR) is 119 cm³/mol. The summed E-state index contributed by atoms with van der Waals surface area (Å²) < 4.78 is 9.79. The van der Waals surface area contributed by atoms with Gasteiger partial charge in [0.2, 0.25) is 5.91 Å². The fraction of sp³-hybridized carbons (Fsp3) is 0.417. The molecule has 1 fully saturated rings. The zero-order valence-corrected chi connectivity index (χ0v) is 18.2. The molecule has 7 heteroatoms. The van der Waals surface area contributed by atoms with E-state index in [2.05, 4.69) is 27.7 Å². The number of nitrogens with one attached hydrogen (secondary N) is 2. The number of carbonyl (C=O) groups excluding carboxylic acids is 2. The highest BCUT2D eigenvalue weighted by atomic mass is 16.5. The smallest absolute Gasteiger partial charge is 0.337 e. The molecule has 1 saturated heterocycles. The molecule has 1 amide bonds. The van der Waals surface area contributed by atoms with Gasteiger partial charge in [-0.15, -0.1) is 0 Å². The van der Waals surface area contributed by atoms with E-state index in [0.717, 1.165) is 25.1 Å². The number of ether oxygens (including phenoxy) is 2. The fourth-order valence-corrected chi connectivity index (χ4v) is 3.85. The van der Waals surface area contributed by atoms with Crippen molar-refractivity contribution >= 4 is 11.9 Å². The van der Waals surface area contributed by atoms with Crippen LogP contribution in [0.3, 0.4) is 0 Å². The lowest BCUT2D eigenvalue weighted by Gasteiger charge is -2.23. The Labute approximate surface area is 183 Å². The number of methoxy groups -OCH3 is 2. The third-order valence-corrected chi connectivity index (χ3v) is 5.51. The van der Waals surface area contributed by atoms with Crippen molar-refractivity contribution in [3.63, 3.8) is 0 Å². The lowest BCUT2D eigenvalue weighted by atomic mass is 10.1. The summed E-state index contributed by atoms with van der Waals surface area (Å²) in [4.78, 5) is 26.6. The molecule has 1 aliphatic rings. The molecule has 0 aliphatic carbocycles. The Bertz CT molecular complexity index is 842. The van der Waals surface area contributed by atoms with Gasteiger partial charge in [-0.25, -0.2) is 4.79 Å². The maximum Gasteiger partial charge on any atom is 0.337 e. The van der Waals surface area contributed by atoms with Crippen molar-refractivity contribution in [2.24, 2.45) is 0 Å². The summed E-state index contributed by atoms with van der Waals surface area (Å²) in [5, 5.41) is 6.55. The van der Waals surface area contributed by atoms with Gasteiger partial charge in [0.25, 0.3) is 0 Å². The second-order valence-corrected chi connectivity index (χ2v) is 7.72. The molecule has 7 nitrogen and oxygen atoms in total. The maximum atomic E-state index is 12.8. The van der Waals surface area contributed by atoms with Crippen LogP contribution in [0.4, 0.5) is 0 Å². The van der Waals surface area contributed by atoms with Crippen molar-refractivity contribution in [2.45, 2.75) is 31.6 Å². The first-order valence-electron chi connectivity index (χ1n) is 10.6. The van der Waals surface area contributed by atoms with E-state index in [-0.39, 0.29) is 24.0 Å². The van der Waals surface area contributed by atoms with Gasteiger partial charge in [0.05, 0.1) is 25.3 Å². The van der Waals surface area contributed by atoms with E-state index < -0.39 is 0 Å². The van der Waals surface area contributed by atoms with Gasteiger partial charge in [0.15, 0.2) is 0 Å². The number of amides is 1. The fourth-order valence-electron chi connectivity index (χ4n) is 3.85. The molecule has 0 spiro atoms. The summed E-state index contributed by atoms with van der Waals surface area (Å²) in [6.07, 6.45) is 0.742. The molecule has 0 aromatic heterocycles. The highest BCUT2D eigenvalue weighted by Crippen LogP contribution is 2.21. The third kappa shape index (κ3) is 6.62. The highest BCUT2D eigenvalue weighted by Gasteiger charge is 2.36. The van der Waals surface area contributed by atoms with Gasteiger partial charge in [-0.3, -0.25) is 9.69 Å². The zero-order chi connectivity index (χ0) is 22.1. The molecule has 1 heterocycles. The van der Waals surface area contributed by atoms with E-state index in [9.17, 15) is 9.59 Å². The van der Waals surface area contributed by atoms with Gasteiger partial charge in [0.1, 0.15) is 0 Å². The number of benzene rings is 2. The number of rotatable bonds is 10. The average Bonchev–Trinajstić information content (AvgIpc) is 3.21. The SMILES string of the molecule is COCCNC(=O)[C@@H]1C[C@@H](NCc2ccc(C(=O)OC)cc2)CN1Cc1ccccc1. The minimum absolute atomic E-state index is 0.0414. The van der Waals surface area contributed by atoms with Crippen LogP contribution < -0.4 is 10.6 Å². The van der Waals surface area contributed by atoms with Gasteiger partial charge in [-0.2, -0.15) is 0 Å². The van der Waals surface area contributed by atoms with E-state index in [0.29, 0.717) is 25.3 Å². The molecule has 2 N–H and O–H groups in total. The molecular weight excluding hydrogens is 394 g/mol. The van der Waals surface area contributed by atoms with Crippen molar-refractivity contribution < 1.29 is 19.1 Å². The summed E-state index contributed by atoms with van der Waals surface area (Å²) in [6.45, 7) is 3.20. The normalized spacial score (nSPS) is 18.6. The van der Waals surface area contributed by atoms with E-state index in [1.54, 1.807) is 19.2 Å². The van der Waals surface area contributed by atoms with Crippen LogP contribution in [-0.4, -0.2) is 62.8 Å². The lowest BCUT2D eigenvalue weighted by Crippen LogP contribution is -2.43. The second-order valence-electron chi connectivity index (χ2n) is 7.72. The summed E-state index contributed by atoms with van der Waals surface area (Å²) in [5.74, 6) is -0.297. The van der Waals surface area contributed by atoms with Crippen molar-refractivity contribution in [3.05, 3.63) is 71.3 Å². The summed E-state index contributed by atoms with van der Waals surface area (Å²) in [7, 11) is 3.00. The van der Waals surface area contributed by atoms with Crippen LogP contribution in [0.25, 0.3) is 0 Å². The first-order chi connectivity index (χ1) is 15.1. The van der Waals surface area contributed by atoms with E-state index in [4.69, 9.17) is 9.47 Å². The van der Waals surface area contributed by atoms with Crippen LogP contribution in [-0.2, 0) is 27.4 Å². The first kappa shape index (κ1) is 22.9. The number of nitrogens with zero attached hydrogens (tertiary/aromatic N) is 1. The second kappa shape index (κ2) is 11.6. The first-order valence-corrected chi connectivity index (χ1v) is 10.6. The molecule has 0 unspecified atom stereocenters. The van der Waals surface area contributed by atoms with Crippen molar-refractivity contribution in [1.82, 2.24) is 15.5 Å². The van der Waals surface area contributed by atoms with Crippen molar-refractivity contribution in [3.8, 4) is 0 Å². The van der Waals surface area contributed by atoms with E-state index in [1.807, 2.05) is 30.3 Å². The largest absolute Gasteiger partial charge is 0.465 e. The third-order valence-electron chi connectivity index (χ3n) is 5.51. The van der Waals surface area contributed by atoms with E-state index >= 15 is 0 Å². The quantitative estimate of drug-likeness (QED) is 0.448. The molecule has 1 aliphatic heterocycles. The number of esters is 1. The standard InChI is InChI=1S/C24H31N3O4/c1-30-13-12-25-23(28)22-14-21(17-27(22)16-19-6-4-3-5-7-19)26-15-18-8-10-20(11-9-18)24(29)31-2/h3-11,21-22,26H,12-17H2,1-2H3,(H,25,28)/t21-,22+/m1/s1. The van der Waals surface area contributed by atoms with Gasteiger partial charge >= 0.3 is 5.97 Å². The maximum absolute atomic E-state index is 12.8. The molecule has 2 aromatic carbocycles. The minimum atomic E-state index is -0.339. The Balaban J connectivity index is 1.60. The minimum Gasteiger partial charge on any atom is -0.465 e. The number of likely N-dealkylation sites (tertiary alicyclic amines) is 1. The van der Waals surface area contributed by atoms with Crippen molar-refractivity contribution in [2.75, 3.05) is 33.9 Å². The molecule has 2 atom stereocenters. The van der Waals surface area contributed by atoms with Crippen LogP contribution in [0.2, 0.25) is 0 Å². The molecule has 31 heavy (non-hydrogen) atoms. The number of carbonyl (C=O) groups is 2. The summed E-state index contributed by atoms with van der Waals surface area (Å²) in [6, 6.07) is 17.6. The number of hydrogen-bond acceptors (Lipinski definition) is 6. The number of hydrogen-bond donors (Lipinski definition) is 2. The van der Waals surface area contributed by atoms with Gasteiger partial charge in [-0.05, 0) is 29.7 Å². The van der Waals surface area contributed by atoms with Crippen LogP contribution >= 0.6 is 0 Å². The zero-order valence-electron chi connectivity index (χ0n) is 18.2. The topological polar surface area (TPSA) is 79.9 Å². The van der Waals surface area contributed by atoms with Gasteiger partial charge < -0.3 is 20.1 Å². The monoisotopic (exact) mass is 425 g/mol. The van der Waals surface area contributed by atoms with Crippen LogP contribution in [0, 0.1) is 0 Å².